The Hall–Kier alpha value is -1.02. The average molecular weight is 858 g/mol. The maximum absolute atomic E-state index is 11.7. The average Bonchev–Trinajstić information content (AvgIpc) is 2.76. The molecule has 0 saturated carbocycles. The molecule has 0 aromatic heterocycles. The van der Waals surface area contributed by atoms with Gasteiger partial charge in [0, 0.05) is 21.1 Å². The fourth-order valence-corrected chi connectivity index (χ4v) is 2.05. The van der Waals surface area contributed by atoms with Crippen LogP contribution in [0.25, 0.3) is 0 Å². The molecule has 0 aliphatic rings. The number of ketones is 3. The molecule has 0 amide bonds. The molecule has 0 N–H and O–H groups in total. The van der Waals surface area contributed by atoms with Crippen molar-refractivity contribution in [1.29, 1.82) is 0 Å². The van der Waals surface area contributed by atoms with E-state index in [9.17, 15) is 93.4 Å². The van der Waals surface area contributed by atoms with Crippen molar-refractivity contribution >= 4 is 93.1 Å². The van der Waals surface area contributed by atoms with E-state index in [2.05, 4.69) is 75.8 Å². The molecule has 0 fully saturated rings. The summed E-state index contributed by atoms with van der Waals surface area (Å²) in [7, 11) is 0. The van der Waals surface area contributed by atoms with Crippen molar-refractivity contribution in [3.63, 3.8) is 0 Å². The third-order valence-corrected chi connectivity index (χ3v) is 5.65. The molecule has 0 spiro atoms. The number of halogens is 18. The van der Waals surface area contributed by atoms with Gasteiger partial charge in [-0.05, 0) is 0 Å². The zero-order valence-electron chi connectivity index (χ0n) is 18.4. The topological polar surface area (TPSA) is 51.2 Å². The number of carbonyl (C=O) groups excluding carboxylic acids is 3. The summed E-state index contributed by atoms with van der Waals surface area (Å²) in [5.41, 5.74) is 0. The van der Waals surface area contributed by atoms with Crippen LogP contribution in [0.2, 0.25) is 0 Å². The van der Waals surface area contributed by atoms with Crippen LogP contribution >= 0.6 is 0 Å². The Labute approximate surface area is 273 Å². The Morgan fingerprint density at radius 1 is 0.302 bits per heavy atom. The third kappa shape index (κ3) is 17.9. The third-order valence-electron chi connectivity index (χ3n) is 2.78. The van der Waals surface area contributed by atoms with Crippen LogP contribution in [0.5, 0.6) is 0 Å². The van der Waals surface area contributed by atoms with Gasteiger partial charge >= 0.3 is 37.1 Å². The molecule has 28 heteroatoms. The molecule has 0 unspecified atom stereocenters. The first-order chi connectivity index (χ1) is 17.9. The molecule has 252 valence electrons. The molecule has 0 aliphatic carbocycles. The second kappa shape index (κ2) is 17.0. The molecule has 0 rings (SSSR count). The van der Waals surface area contributed by atoms with Crippen LogP contribution in [0, 0.1) is 0 Å². The minimum Gasteiger partial charge on any atom is -0.777 e. The quantitative estimate of drug-likeness (QED) is 0.149. The summed E-state index contributed by atoms with van der Waals surface area (Å²) >= 11 is 21.7. The molecule has 0 saturated heterocycles. The van der Waals surface area contributed by atoms with Gasteiger partial charge in [0.1, 0.15) is 0 Å². The van der Waals surface area contributed by atoms with Crippen LogP contribution in [-0.4, -0.2) is 54.4 Å². The SMILES string of the molecule is O=C(/C([S-])=C(/[S-])C(F)(F)F)C(F)(F)F.O=C(/C([S-])=C(/[S-])C(F)(F)F)C(F)(F)F.O=C(/C([S-])=C(/[S-])C(F)(F)F)C(F)(F)F.[Mo]. The minimum absolute atomic E-state index is 0. The molecule has 3 nitrogen and oxygen atoms in total. The van der Waals surface area contributed by atoms with E-state index in [0.29, 0.717) is 0 Å². The first kappa shape index (κ1) is 48.9. The number of hydrogen-bond acceptors (Lipinski definition) is 9. The zero-order valence-corrected chi connectivity index (χ0v) is 25.3. The molecule has 0 aliphatic heterocycles. The van der Waals surface area contributed by atoms with Gasteiger partial charge in [-0.1, -0.05) is 0 Å². The predicted molar refractivity (Wildman–Crippen MR) is 117 cm³/mol. The second-order valence-corrected chi connectivity index (χ2v) is 8.40. The van der Waals surface area contributed by atoms with Crippen molar-refractivity contribution in [2.24, 2.45) is 0 Å². The van der Waals surface area contributed by atoms with Crippen molar-refractivity contribution in [2.75, 3.05) is 0 Å². The summed E-state index contributed by atoms with van der Waals surface area (Å²) in [4.78, 5) is 18.4. The first-order valence-electron chi connectivity index (χ1n) is 8.24. The van der Waals surface area contributed by atoms with Gasteiger partial charge in [0.15, 0.2) is 0 Å². The van der Waals surface area contributed by atoms with Crippen LogP contribution in [0.4, 0.5) is 79.0 Å². The van der Waals surface area contributed by atoms with Crippen LogP contribution in [-0.2, 0) is 111 Å². The first-order valence-corrected chi connectivity index (χ1v) is 10.7. The summed E-state index contributed by atoms with van der Waals surface area (Å²) in [6, 6.07) is 0. The van der Waals surface area contributed by atoms with Crippen LogP contribution < -0.4 is 0 Å². The van der Waals surface area contributed by atoms with Gasteiger partial charge in [0.2, 0.25) is 17.3 Å². The van der Waals surface area contributed by atoms with Crippen LogP contribution in [0.1, 0.15) is 0 Å². The normalized spacial score (nSPS) is 14.7. The summed E-state index contributed by atoms with van der Waals surface area (Å²) in [5, 5.41) is 0. The number of carbonyl (C=O) groups is 3. The van der Waals surface area contributed by atoms with E-state index < -0.39 is 83.8 Å². The molecular weight excluding hydrogens is 858 g/mol. The Morgan fingerprint density at radius 3 is 0.488 bits per heavy atom. The fraction of sp³-hybridized carbons (Fsp3) is 0.400. The molecular formula is C15F18MoO3S6-6. The standard InChI is InChI=1S/3C5H2F6OS2.Mo/c3*6-4(7,8)2(12)1(13)3(14)5(9,10)11;/h3*13-14H;/p-6/b3*3-1-;. The van der Waals surface area contributed by atoms with Gasteiger partial charge in [0.05, 0.1) is 0 Å². The number of hydrogen-bond donors (Lipinski definition) is 0. The van der Waals surface area contributed by atoms with Crippen LogP contribution in [0.3, 0.4) is 0 Å². The number of allylic oxidation sites excluding steroid dienone is 6. The number of Topliss-reactive ketones (excluding diaryl/α,β-unsaturated/α-hetero) is 3. The maximum atomic E-state index is 11.7. The molecule has 0 atom stereocenters. The van der Waals surface area contributed by atoms with Crippen LogP contribution in [0.15, 0.2) is 29.4 Å². The number of rotatable bonds is 3. The Morgan fingerprint density at radius 2 is 0.419 bits per heavy atom. The van der Waals surface area contributed by atoms with Crippen molar-refractivity contribution in [3.8, 4) is 0 Å². The Bertz CT molecular complexity index is 970. The summed E-state index contributed by atoms with van der Waals surface area (Å²) in [5.74, 6) is -8.26. The van der Waals surface area contributed by atoms with E-state index in [1.807, 2.05) is 0 Å². The Kier molecular flexibility index (Phi) is 19.4. The monoisotopic (exact) mass is 860 g/mol. The van der Waals surface area contributed by atoms with E-state index in [4.69, 9.17) is 0 Å². The largest absolute Gasteiger partial charge is 0.777 e. The summed E-state index contributed by atoms with van der Waals surface area (Å²) < 4.78 is 210. The van der Waals surface area contributed by atoms with Crippen molar-refractivity contribution in [3.05, 3.63) is 29.4 Å². The van der Waals surface area contributed by atoms with E-state index in [1.165, 1.54) is 0 Å². The van der Waals surface area contributed by atoms with Crippen molar-refractivity contribution < 1.29 is 114 Å². The molecule has 0 aromatic rings. The smallest absolute Gasteiger partial charge is 0.452 e. The van der Waals surface area contributed by atoms with Gasteiger partial charge in [-0.3, -0.25) is 14.4 Å². The molecule has 43 heavy (non-hydrogen) atoms. The molecule has 0 heterocycles. The molecule has 0 radical (unpaired) electrons. The van der Waals surface area contributed by atoms with E-state index >= 15 is 0 Å². The number of alkyl halides is 18. The predicted octanol–water partition coefficient (Wildman–Crippen LogP) is 5.95. The Balaban J connectivity index is -0.000000262. The zero-order chi connectivity index (χ0) is 35.2. The summed E-state index contributed by atoms with van der Waals surface area (Å²) in [6.45, 7) is 0. The molecule has 0 aromatic carbocycles. The minimum atomic E-state index is -5.44. The van der Waals surface area contributed by atoms with E-state index in [1.54, 1.807) is 0 Å². The van der Waals surface area contributed by atoms with Crippen molar-refractivity contribution in [1.82, 2.24) is 0 Å². The van der Waals surface area contributed by atoms with E-state index in [0.717, 1.165) is 0 Å². The second-order valence-electron chi connectivity index (χ2n) is 5.95. The fourth-order valence-electron chi connectivity index (χ4n) is 1.08. The van der Waals surface area contributed by atoms with Gasteiger partial charge in [-0.25, -0.2) is 0 Å². The van der Waals surface area contributed by atoms with Gasteiger partial charge in [0.25, 0.3) is 0 Å². The summed E-state index contributed by atoms with van der Waals surface area (Å²) in [6.07, 6.45) is -31.9. The van der Waals surface area contributed by atoms with Crippen molar-refractivity contribution in [2.45, 2.75) is 37.1 Å². The van der Waals surface area contributed by atoms with Gasteiger partial charge in [-0.2, -0.15) is 79.0 Å². The molecule has 0 bridgehead atoms. The van der Waals surface area contributed by atoms with E-state index in [-0.39, 0.29) is 21.1 Å². The maximum Gasteiger partial charge on any atom is 0.452 e. The van der Waals surface area contributed by atoms with Gasteiger partial charge < -0.3 is 75.8 Å². The van der Waals surface area contributed by atoms with Gasteiger partial charge in [-0.15, -0.1) is 29.4 Å².